The molecule has 0 bridgehead atoms. The van der Waals surface area contributed by atoms with E-state index in [-0.39, 0.29) is 17.3 Å². The molecule has 0 aliphatic carbocycles. The van der Waals surface area contributed by atoms with Crippen molar-refractivity contribution in [2.75, 3.05) is 12.3 Å². The van der Waals surface area contributed by atoms with Crippen LogP contribution in [0.25, 0.3) is 17.1 Å². The van der Waals surface area contributed by atoms with Gasteiger partial charge in [0.1, 0.15) is 5.82 Å². The second-order valence-electron chi connectivity index (χ2n) is 7.54. The molecule has 34 heavy (non-hydrogen) atoms. The van der Waals surface area contributed by atoms with Crippen molar-refractivity contribution in [3.05, 3.63) is 95.3 Å². The predicted molar refractivity (Wildman–Crippen MR) is 132 cm³/mol. The SMILES string of the molecule is O=C(CSc1nnc(-c2ccccc2Cl)n1-c1ccccc1F)N1CCC(c2ccccc2)=N1. The van der Waals surface area contributed by atoms with Crippen LogP contribution in [0.5, 0.6) is 0 Å². The van der Waals surface area contributed by atoms with E-state index in [1.165, 1.54) is 22.8 Å². The molecular weight excluding hydrogens is 473 g/mol. The standard InChI is InChI=1S/C25H19ClFN5OS/c26-19-11-5-4-10-18(19)24-28-29-25(32(24)22-13-7-6-12-20(22)27)34-16-23(33)31-15-14-21(30-31)17-8-2-1-3-9-17/h1-13H,14-16H2. The van der Waals surface area contributed by atoms with Gasteiger partial charge in [-0.05, 0) is 29.8 Å². The molecule has 0 radical (unpaired) electrons. The Morgan fingerprint density at radius 2 is 1.71 bits per heavy atom. The van der Waals surface area contributed by atoms with Crippen LogP contribution in [0.2, 0.25) is 5.02 Å². The number of para-hydroxylation sites is 1. The van der Waals surface area contributed by atoms with Crippen LogP contribution in [0.4, 0.5) is 4.39 Å². The van der Waals surface area contributed by atoms with Crippen molar-refractivity contribution < 1.29 is 9.18 Å². The molecule has 0 N–H and O–H groups in total. The van der Waals surface area contributed by atoms with Crippen LogP contribution in [0, 0.1) is 5.82 Å². The molecule has 1 aliphatic heterocycles. The van der Waals surface area contributed by atoms with Crippen LogP contribution >= 0.6 is 23.4 Å². The summed E-state index contributed by atoms with van der Waals surface area (Å²) in [6.07, 6.45) is 0.697. The first-order valence-electron chi connectivity index (χ1n) is 10.6. The maximum atomic E-state index is 14.8. The Hall–Kier alpha value is -3.49. The van der Waals surface area contributed by atoms with Gasteiger partial charge in [-0.3, -0.25) is 9.36 Å². The molecule has 6 nitrogen and oxygen atoms in total. The third-order valence-corrected chi connectivity index (χ3v) is 6.61. The molecule has 5 rings (SSSR count). The lowest BCUT2D eigenvalue weighted by Crippen LogP contribution is -2.25. The van der Waals surface area contributed by atoms with Crippen molar-refractivity contribution in [2.45, 2.75) is 11.6 Å². The number of nitrogens with zero attached hydrogens (tertiary/aromatic N) is 5. The van der Waals surface area contributed by atoms with Crippen LogP contribution in [-0.4, -0.2) is 43.7 Å². The molecule has 1 aromatic heterocycles. The van der Waals surface area contributed by atoms with E-state index in [2.05, 4.69) is 15.3 Å². The number of thioether (sulfide) groups is 1. The first kappa shape index (κ1) is 22.3. The number of carbonyl (C=O) groups excluding carboxylic acids is 1. The van der Waals surface area contributed by atoms with Gasteiger partial charge in [0.2, 0.25) is 0 Å². The summed E-state index contributed by atoms with van der Waals surface area (Å²) in [7, 11) is 0. The molecule has 1 aliphatic rings. The van der Waals surface area contributed by atoms with E-state index >= 15 is 0 Å². The average Bonchev–Trinajstić information content (AvgIpc) is 3.52. The molecule has 9 heteroatoms. The molecular formula is C25H19ClFN5OS. The maximum Gasteiger partial charge on any atom is 0.253 e. The summed E-state index contributed by atoms with van der Waals surface area (Å²) in [5, 5.41) is 15.4. The number of amides is 1. The van der Waals surface area contributed by atoms with Gasteiger partial charge in [-0.1, -0.05) is 78.0 Å². The van der Waals surface area contributed by atoms with Crippen molar-refractivity contribution in [3.63, 3.8) is 0 Å². The topological polar surface area (TPSA) is 63.4 Å². The number of rotatable bonds is 6. The van der Waals surface area contributed by atoms with Crippen molar-refractivity contribution in [2.24, 2.45) is 5.10 Å². The van der Waals surface area contributed by atoms with E-state index in [0.29, 0.717) is 34.5 Å². The van der Waals surface area contributed by atoms with Crippen molar-refractivity contribution in [3.8, 4) is 17.1 Å². The normalized spacial score (nSPS) is 13.2. The minimum Gasteiger partial charge on any atom is -0.272 e. The molecule has 0 atom stereocenters. The second kappa shape index (κ2) is 9.79. The van der Waals surface area contributed by atoms with E-state index < -0.39 is 5.82 Å². The monoisotopic (exact) mass is 491 g/mol. The number of aromatic nitrogens is 3. The Kier molecular flexibility index (Phi) is 6.42. The Morgan fingerprint density at radius 3 is 2.50 bits per heavy atom. The Bertz CT molecular complexity index is 1370. The molecule has 4 aromatic rings. The summed E-state index contributed by atoms with van der Waals surface area (Å²) in [6, 6.07) is 23.3. The minimum absolute atomic E-state index is 0.0840. The molecule has 1 amide bonds. The predicted octanol–water partition coefficient (Wildman–Crippen LogP) is 5.46. The zero-order valence-electron chi connectivity index (χ0n) is 17.9. The molecule has 170 valence electrons. The fourth-order valence-corrected chi connectivity index (χ4v) is 4.74. The van der Waals surface area contributed by atoms with Crippen molar-refractivity contribution in [1.82, 2.24) is 19.8 Å². The van der Waals surface area contributed by atoms with Gasteiger partial charge < -0.3 is 0 Å². The number of benzene rings is 3. The van der Waals surface area contributed by atoms with Gasteiger partial charge in [0.15, 0.2) is 11.0 Å². The number of hydrogen-bond acceptors (Lipinski definition) is 5. The summed E-state index contributed by atoms with van der Waals surface area (Å²) in [5.74, 6) is -0.101. The quantitative estimate of drug-likeness (QED) is 0.336. The van der Waals surface area contributed by atoms with Gasteiger partial charge in [-0.2, -0.15) is 5.10 Å². The van der Waals surface area contributed by atoms with Crippen LogP contribution < -0.4 is 0 Å². The molecule has 0 saturated heterocycles. The third-order valence-electron chi connectivity index (χ3n) is 5.36. The van der Waals surface area contributed by atoms with Gasteiger partial charge in [-0.25, -0.2) is 9.40 Å². The largest absolute Gasteiger partial charge is 0.272 e. The Labute approximate surface area is 205 Å². The highest BCUT2D eigenvalue weighted by molar-refractivity contribution is 7.99. The molecule has 0 fully saturated rings. The van der Waals surface area contributed by atoms with E-state index in [1.54, 1.807) is 34.9 Å². The average molecular weight is 492 g/mol. The first-order chi connectivity index (χ1) is 16.6. The highest BCUT2D eigenvalue weighted by Crippen LogP contribution is 2.33. The first-order valence-corrected chi connectivity index (χ1v) is 12.0. The molecule has 2 heterocycles. The fraction of sp³-hybridized carbons (Fsp3) is 0.120. The molecule has 0 saturated carbocycles. The second-order valence-corrected chi connectivity index (χ2v) is 8.89. The van der Waals surface area contributed by atoms with Crippen molar-refractivity contribution in [1.29, 1.82) is 0 Å². The van der Waals surface area contributed by atoms with E-state index in [1.807, 2.05) is 42.5 Å². The van der Waals surface area contributed by atoms with Gasteiger partial charge in [0, 0.05) is 12.0 Å². The number of hydrazone groups is 1. The van der Waals surface area contributed by atoms with Crippen LogP contribution in [0.15, 0.2) is 89.1 Å². The highest BCUT2D eigenvalue weighted by atomic mass is 35.5. The summed E-state index contributed by atoms with van der Waals surface area (Å²) >= 11 is 7.57. The van der Waals surface area contributed by atoms with Gasteiger partial charge in [0.25, 0.3) is 5.91 Å². The summed E-state index contributed by atoms with van der Waals surface area (Å²) < 4.78 is 16.4. The molecule has 0 unspecified atom stereocenters. The summed E-state index contributed by atoms with van der Waals surface area (Å²) in [5.41, 5.74) is 2.79. The Balaban J connectivity index is 1.41. The lowest BCUT2D eigenvalue weighted by atomic mass is 10.1. The minimum atomic E-state index is -0.430. The van der Waals surface area contributed by atoms with Gasteiger partial charge >= 0.3 is 0 Å². The fourth-order valence-electron chi connectivity index (χ4n) is 3.70. The maximum absolute atomic E-state index is 14.8. The zero-order chi connectivity index (χ0) is 23.5. The van der Waals surface area contributed by atoms with Gasteiger partial charge in [-0.15, -0.1) is 10.2 Å². The highest BCUT2D eigenvalue weighted by Gasteiger charge is 2.24. The third kappa shape index (κ3) is 4.47. The zero-order valence-corrected chi connectivity index (χ0v) is 19.5. The van der Waals surface area contributed by atoms with Crippen LogP contribution in [0.1, 0.15) is 12.0 Å². The smallest absolute Gasteiger partial charge is 0.253 e. The van der Waals surface area contributed by atoms with E-state index in [4.69, 9.17) is 11.6 Å². The summed E-state index contributed by atoms with van der Waals surface area (Å²) in [4.78, 5) is 12.9. The van der Waals surface area contributed by atoms with E-state index in [0.717, 1.165) is 11.3 Å². The Morgan fingerprint density at radius 1 is 0.971 bits per heavy atom. The molecule has 0 spiro atoms. The summed E-state index contributed by atoms with van der Waals surface area (Å²) in [6.45, 7) is 0.522. The van der Waals surface area contributed by atoms with Crippen molar-refractivity contribution >= 4 is 35.0 Å². The lowest BCUT2D eigenvalue weighted by Gasteiger charge is -2.13. The van der Waals surface area contributed by atoms with Crippen LogP contribution in [0.3, 0.4) is 0 Å². The van der Waals surface area contributed by atoms with Crippen LogP contribution in [-0.2, 0) is 4.79 Å². The molecule has 3 aromatic carbocycles. The van der Waals surface area contributed by atoms with E-state index in [9.17, 15) is 9.18 Å². The number of hydrogen-bond donors (Lipinski definition) is 0. The number of carbonyl (C=O) groups is 1. The number of halogens is 2. The van der Waals surface area contributed by atoms with Gasteiger partial charge in [0.05, 0.1) is 28.7 Å². The lowest BCUT2D eigenvalue weighted by molar-refractivity contribution is -0.127.